The summed E-state index contributed by atoms with van der Waals surface area (Å²) in [5, 5.41) is 0. The quantitative estimate of drug-likeness (QED) is 0.788. The Morgan fingerprint density at radius 2 is 2.00 bits per heavy atom. The minimum atomic E-state index is 0.664. The molecule has 0 bridgehead atoms. The van der Waals surface area contributed by atoms with Crippen molar-refractivity contribution in [1.29, 1.82) is 0 Å². The lowest BCUT2D eigenvalue weighted by atomic mass is 9.89. The second-order valence-corrected chi connectivity index (χ2v) is 5.06. The van der Waals surface area contributed by atoms with Gasteiger partial charge in [-0.1, -0.05) is 31.5 Å². The standard InChI is InChI=1S/C16H24NO/c1-3-4-11-17-12-9-14(10-13-17)15-7-5-6-8-16(15)18-2/h5-8,14H,1,3-4,9-13H2,2H3. The lowest BCUT2D eigenvalue weighted by Crippen LogP contribution is -2.33. The minimum Gasteiger partial charge on any atom is -0.496 e. The lowest BCUT2D eigenvalue weighted by Gasteiger charge is -2.32. The van der Waals surface area contributed by atoms with E-state index in [0.29, 0.717) is 5.92 Å². The highest BCUT2D eigenvalue weighted by Gasteiger charge is 2.22. The second-order valence-electron chi connectivity index (χ2n) is 5.06. The molecule has 0 saturated carbocycles. The first-order valence-corrected chi connectivity index (χ1v) is 6.99. The molecule has 1 aliphatic heterocycles. The molecule has 0 N–H and O–H groups in total. The first-order chi connectivity index (χ1) is 8.85. The number of hydrogen-bond acceptors (Lipinski definition) is 2. The van der Waals surface area contributed by atoms with Gasteiger partial charge in [0.25, 0.3) is 0 Å². The predicted octanol–water partition coefficient (Wildman–Crippen LogP) is 3.49. The smallest absolute Gasteiger partial charge is 0.122 e. The highest BCUT2D eigenvalue weighted by atomic mass is 16.5. The van der Waals surface area contributed by atoms with Crippen LogP contribution in [0.2, 0.25) is 0 Å². The molecule has 99 valence electrons. The largest absolute Gasteiger partial charge is 0.496 e. The normalized spacial score (nSPS) is 17.9. The van der Waals surface area contributed by atoms with Crippen molar-refractivity contribution in [3.05, 3.63) is 36.8 Å². The molecular weight excluding hydrogens is 222 g/mol. The third-order valence-electron chi connectivity index (χ3n) is 3.89. The number of ether oxygens (including phenoxy) is 1. The molecule has 2 nitrogen and oxygen atoms in total. The summed E-state index contributed by atoms with van der Waals surface area (Å²) < 4.78 is 5.47. The Labute approximate surface area is 111 Å². The molecule has 1 aromatic rings. The fourth-order valence-corrected chi connectivity index (χ4v) is 2.81. The third kappa shape index (κ3) is 3.26. The van der Waals surface area contributed by atoms with Crippen LogP contribution in [0.1, 0.15) is 37.2 Å². The lowest BCUT2D eigenvalue weighted by molar-refractivity contribution is 0.209. The molecule has 0 spiro atoms. The topological polar surface area (TPSA) is 12.5 Å². The molecular formula is C16H24NO. The number of para-hydroxylation sites is 1. The second kappa shape index (κ2) is 6.79. The summed E-state index contributed by atoms with van der Waals surface area (Å²) in [5.74, 6) is 1.71. The van der Waals surface area contributed by atoms with E-state index in [9.17, 15) is 0 Å². The highest BCUT2D eigenvalue weighted by Crippen LogP contribution is 2.33. The molecule has 0 unspecified atom stereocenters. The van der Waals surface area contributed by atoms with E-state index in [1.165, 1.54) is 44.5 Å². The number of piperidine rings is 1. The van der Waals surface area contributed by atoms with Crippen LogP contribution in [0.15, 0.2) is 24.3 Å². The van der Waals surface area contributed by atoms with E-state index in [1.807, 2.05) is 6.07 Å². The SMILES string of the molecule is [CH2]CCCN1CCC(c2ccccc2OC)CC1. The molecule has 2 heteroatoms. The number of benzene rings is 1. The molecule has 1 aromatic carbocycles. The van der Waals surface area contributed by atoms with Crippen molar-refractivity contribution in [2.75, 3.05) is 26.7 Å². The Morgan fingerprint density at radius 3 is 2.67 bits per heavy atom. The molecule has 2 rings (SSSR count). The van der Waals surface area contributed by atoms with Gasteiger partial charge >= 0.3 is 0 Å². The van der Waals surface area contributed by atoms with Gasteiger partial charge in [0.2, 0.25) is 0 Å². The Hall–Kier alpha value is -1.02. The van der Waals surface area contributed by atoms with Gasteiger partial charge in [-0.2, -0.15) is 0 Å². The fraction of sp³-hybridized carbons (Fsp3) is 0.562. The number of unbranched alkanes of at least 4 members (excludes halogenated alkanes) is 1. The summed E-state index contributed by atoms with van der Waals surface area (Å²) in [6, 6.07) is 8.46. The van der Waals surface area contributed by atoms with Gasteiger partial charge in [-0.15, -0.1) is 0 Å². The summed E-state index contributed by atoms with van der Waals surface area (Å²) in [6.45, 7) is 7.54. The van der Waals surface area contributed by atoms with Gasteiger partial charge in [-0.25, -0.2) is 0 Å². The summed E-state index contributed by atoms with van der Waals surface area (Å²) in [5.41, 5.74) is 1.39. The average Bonchev–Trinajstić information content (AvgIpc) is 2.45. The van der Waals surface area contributed by atoms with E-state index in [-0.39, 0.29) is 0 Å². The number of hydrogen-bond donors (Lipinski definition) is 0. The first-order valence-electron chi connectivity index (χ1n) is 6.99. The fourth-order valence-electron chi connectivity index (χ4n) is 2.81. The van der Waals surface area contributed by atoms with E-state index >= 15 is 0 Å². The monoisotopic (exact) mass is 246 g/mol. The molecule has 0 atom stereocenters. The molecule has 1 heterocycles. The van der Waals surface area contributed by atoms with E-state index in [1.54, 1.807) is 7.11 Å². The molecule has 1 aliphatic rings. The van der Waals surface area contributed by atoms with Crippen LogP contribution in [0.3, 0.4) is 0 Å². The van der Waals surface area contributed by atoms with Crippen LogP contribution in [0.4, 0.5) is 0 Å². The predicted molar refractivity (Wildman–Crippen MR) is 76.0 cm³/mol. The maximum absolute atomic E-state index is 5.47. The maximum Gasteiger partial charge on any atom is 0.122 e. The number of likely N-dealkylation sites (tertiary alicyclic amines) is 1. The number of rotatable bonds is 5. The van der Waals surface area contributed by atoms with Crippen molar-refractivity contribution in [1.82, 2.24) is 4.90 Å². The zero-order valence-corrected chi connectivity index (χ0v) is 11.4. The summed E-state index contributed by atoms with van der Waals surface area (Å²) in [4.78, 5) is 2.57. The van der Waals surface area contributed by atoms with E-state index in [2.05, 4.69) is 30.0 Å². The molecule has 0 aromatic heterocycles. The van der Waals surface area contributed by atoms with Gasteiger partial charge in [0, 0.05) is 0 Å². The third-order valence-corrected chi connectivity index (χ3v) is 3.89. The Morgan fingerprint density at radius 1 is 1.28 bits per heavy atom. The highest BCUT2D eigenvalue weighted by molar-refractivity contribution is 5.36. The van der Waals surface area contributed by atoms with Crippen molar-refractivity contribution in [3.8, 4) is 5.75 Å². The van der Waals surface area contributed by atoms with E-state index in [0.717, 1.165) is 12.2 Å². The molecule has 1 radical (unpaired) electrons. The molecule has 18 heavy (non-hydrogen) atoms. The number of nitrogens with zero attached hydrogens (tertiary/aromatic N) is 1. The summed E-state index contributed by atoms with van der Waals surface area (Å²) in [6.07, 6.45) is 4.76. The number of methoxy groups -OCH3 is 1. The van der Waals surface area contributed by atoms with Crippen molar-refractivity contribution in [3.63, 3.8) is 0 Å². The van der Waals surface area contributed by atoms with Crippen LogP contribution in [-0.2, 0) is 0 Å². The zero-order valence-electron chi connectivity index (χ0n) is 11.4. The Kier molecular flexibility index (Phi) is 5.06. The van der Waals surface area contributed by atoms with E-state index in [4.69, 9.17) is 4.74 Å². The van der Waals surface area contributed by atoms with Gasteiger partial charge in [0.15, 0.2) is 0 Å². The van der Waals surface area contributed by atoms with Crippen LogP contribution < -0.4 is 4.74 Å². The first kappa shape index (κ1) is 13.4. The van der Waals surface area contributed by atoms with Crippen molar-refractivity contribution < 1.29 is 4.74 Å². The van der Waals surface area contributed by atoms with Crippen LogP contribution in [0.5, 0.6) is 5.75 Å². The van der Waals surface area contributed by atoms with Crippen LogP contribution in [-0.4, -0.2) is 31.6 Å². The van der Waals surface area contributed by atoms with E-state index < -0.39 is 0 Å². The van der Waals surface area contributed by atoms with Gasteiger partial charge < -0.3 is 9.64 Å². The van der Waals surface area contributed by atoms with Crippen LogP contribution in [0.25, 0.3) is 0 Å². The average molecular weight is 246 g/mol. The van der Waals surface area contributed by atoms with Crippen LogP contribution in [0, 0.1) is 6.92 Å². The molecule has 0 amide bonds. The maximum atomic E-state index is 5.47. The summed E-state index contributed by atoms with van der Waals surface area (Å²) >= 11 is 0. The van der Waals surface area contributed by atoms with Gasteiger partial charge in [-0.05, 0) is 56.4 Å². The van der Waals surface area contributed by atoms with Gasteiger partial charge in [-0.3, -0.25) is 0 Å². The Balaban J connectivity index is 1.92. The summed E-state index contributed by atoms with van der Waals surface area (Å²) in [7, 11) is 1.77. The van der Waals surface area contributed by atoms with Crippen molar-refractivity contribution >= 4 is 0 Å². The minimum absolute atomic E-state index is 0.664. The molecule has 1 fully saturated rings. The molecule has 1 saturated heterocycles. The van der Waals surface area contributed by atoms with Crippen molar-refractivity contribution in [2.45, 2.75) is 31.6 Å². The van der Waals surface area contributed by atoms with Crippen molar-refractivity contribution in [2.24, 2.45) is 0 Å². The Bertz CT molecular complexity index is 356. The van der Waals surface area contributed by atoms with Gasteiger partial charge in [0.05, 0.1) is 7.11 Å². The van der Waals surface area contributed by atoms with Gasteiger partial charge in [0.1, 0.15) is 5.75 Å². The van der Waals surface area contributed by atoms with Crippen LogP contribution >= 0.6 is 0 Å². The zero-order chi connectivity index (χ0) is 12.8. The molecule has 0 aliphatic carbocycles.